The van der Waals surface area contributed by atoms with Crippen LogP contribution in [0.5, 0.6) is 0 Å². The van der Waals surface area contributed by atoms with Crippen molar-refractivity contribution in [2.24, 2.45) is 5.92 Å². The fraction of sp³-hybridized carbons (Fsp3) is 0.316. The van der Waals surface area contributed by atoms with Crippen LogP contribution in [0.2, 0.25) is 0 Å². The topological polar surface area (TPSA) is 84.2 Å². The maximum atomic E-state index is 12.3. The Hall–Kier alpha value is -2.67. The lowest BCUT2D eigenvalue weighted by molar-refractivity contribution is -0.129. The van der Waals surface area contributed by atoms with E-state index < -0.39 is 6.04 Å². The van der Waals surface area contributed by atoms with Crippen molar-refractivity contribution < 1.29 is 14.0 Å². The molecule has 0 aliphatic rings. The molecule has 2 heterocycles. The van der Waals surface area contributed by atoms with Crippen molar-refractivity contribution in [1.82, 2.24) is 15.6 Å². The number of para-hydroxylation sites is 1. The second kappa shape index (κ2) is 7.70. The molecule has 0 aliphatic carbocycles. The molecule has 1 aromatic carbocycles. The van der Waals surface area contributed by atoms with Crippen molar-refractivity contribution in [3.8, 4) is 10.8 Å². The third kappa shape index (κ3) is 4.11. The molecular formula is C19H21N3O3S. The lowest BCUT2D eigenvalue weighted by Crippen LogP contribution is -2.48. The summed E-state index contributed by atoms with van der Waals surface area (Å²) in [6.07, 6.45) is 0. The Morgan fingerprint density at radius 1 is 1.19 bits per heavy atom. The molecule has 136 valence electrons. The van der Waals surface area contributed by atoms with Gasteiger partial charge in [-0.1, -0.05) is 26.0 Å². The van der Waals surface area contributed by atoms with Crippen molar-refractivity contribution in [3.63, 3.8) is 0 Å². The molecule has 3 rings (SSSR count). The zero-order valence-electron chi connectivity index (χ0n) is 14.9. The lowest BCUT2D eigenvalue weighted by Gasteiger charge is -2.20. The van der Waals surface area contributed by atoms with Crippen LogP contribution in [-0.2, 0) is 16.1 Å². The van der Waals surface area contributed by atoms with Crippen LogP contribution in [0.4, 0.5) is 0 Å². The highest BCUT2D eigenvalue weighted by Gasteiger charge is 2.23. The zero-order chi connectivity index (χ0) is 18.7. The SMILES string of the molecule is CC(=O)NC(C(=O)NCc1ccc(-c2nc3ccccc3s2)o1)C(C)C. The highest BCUT2D eigenvalue weighted by atomic mass is 32.1. The molecule has 2 amide bonds. The first kappa shape index (κ1) is 18.1. The van der Waals surface area contributed by atoms with Crippen molar-refractivity contribution in [2.45, 2.75) is 33.4 Å². The average molecular weight is 371 g/mol. The number of furan rings is 1. The van der Waals surface area contributed by atoms with E-state index in [-0.39, 0.29) is 24.3 Å². The molecule has 0 spiro atoms. The maximum Gasteiger partial charge on any atom is 0.243 e. The van der Waals surface area contributed by atoms with Crippen LogP contribution >= 0.6 is 11.3 Å². The van der Waals surface area contributed by atoms with Crippen molar-refractivity contribution in [2.75, 3.05) is 0 Å². The molecule has 0 fully saturated rings. The van der Waals surface area contributed by atoms with Gasteiger partial charge in [0.1, 0.15) is 11.8 Å². The summed E-state index contributed by atoms with van der Waals surface area (Å²) in [5.74, 6) is 0.854. The first-order chi connectivity index (χ1) is 12.4. The van der Waals surface area contributed by atoms with Gasteiger partial charge in [0.05, 0.1) is 16.8 Å². The maximum absolute atomic E-state index is 12.3. The number of hydrogen-bond acceptors (Lipinski definition) is 5. The van der Waals surface area contributed by atoms with Gasteiger partial charge in [-0.25, -0.2) is 4.98 Å². The van der Waals surface area contributed by atoms with Gasteiger partial charge in [0.2, 0.25) is 11.8 Å². The Morgan fingerprint density at radius 3 is 2.65 bits per heavy atom. The lowest BCUT2D eigenvalue weighted by atomic mass is 10.0. The summed E-state index contributed by atoms with van der Waals surface area (Å²) < 4.78 is 6.92. The van der Waals surface area contributed by atoms with E-state index in [1.165, 1.54) is 6.92 Å². The number of carbonyl (C=O) groups excluding carboxylic acids is 2. The van der Waals surface area contributed by atoms with Gasteiger partial charge in [-0.05, 0) is 30.2 Å². The van der Waals surface area contributed by atoms with E-state index in [1.807, 2.05) is 50.2 Å². The Morgan fingerprint density at radius 2 is 1.96 bits per heavy atom. The van der Waals surface area contributed by atoms with Gasteiger partial charge in [-0.2, -0.15) is 0 Å². The number of fused-ring (bicyclic) bond motifs is 1. The van der Waals surface area contributed by atoms with Gasteiger partial charge < -0.3 is 15.1 Å². The van der Waals surface area contributed by atoms with Gasteiger partial charge in [0.25, 0.3) is 0 Å². The fourth-order valence-electron chi connectivity index (χ4n) is 2.60. The van der Waals surface area contributed by atoms with Gasteiger partial charge in [-0.15, -0.1) is 11.3 Å². The monoisotopic (exact) mass is 371 g/mol. The molecule has 26 heavy (non-hydrogen) atoms. The van der Waals surface area contributed by atoms with E-state index in [0.717, 1.165) is 15.2 Å². The summed E-state index contributed by atoms with van der Waals surface area (Å²) in [6.45, 7) is 5.43. The molecule has 1 unspecified atom stereocenters. The molecule has 3 aromatic rings. The summed E-state index contributed by atoms with van der Waals surface area (Å²) >= 11 is 1.56. The summed E-state index contributed by atoms with van der Waals surface area (Å²) in [5.41, 5.74) is 0.939. The first-order valence-electron chi connectivity index (χ1n) is 8.43. The van der Waals surface area contributed by atoms with Crippen LogP contribution in [0.25, 0.3) is 21.0 Å². The molecule has 0 saturated carbocycles. The van der Waals surface area contributed by atoms with Crippen LogP contribution in [0.1, 0.15) is 26.5 Å². The van der Waals surface area contributed by atoms with Crippen LogP contribution in [0.3, 0.4) is 0 Å². The Labute approximate surface area is 155 Å². The van der Waals surface area contributed by atoms with Crippen molar-refractivity contribution in [3.05, 3.63) is 42.2 Å². The largest absolute Gasteiger partial charge is 0.457 e. The Bertz CT molecular complexity index is 896. The number of nitrogens with one attached hydrogen (secondary N) is 2. The first-order valence-corrected chi connectivity index (χ1v) is 9.25. The number of rotatable bonds is 6. The standard InChI is InChI=1S/C19H21N3O3S/c1-11(2)17(21-12(3)23)18(24)20-10-13-8-9-15(25-13)19-22-14-6-4-5-7-16(14)26-19/h4-9,11,17H,10H2,1-3H3,(H,20,24)(H,21,23). The molecule has 0 bridgehead atoms. The van der Waals surface area contributed by atoms with Gasteiger partial charge >= 0.3 is 0 Å². The third-order valence-corrected chi connectivity index (χ3v) is 4.96. The highest BCUT2D eigenvalue weighted by molar-refractivity contribution is 7.21. The fourth-order valence-corrected chi connectivity index (χ4v) is 3.53. The Balaban J connectivity index is 1.66. The molecule has 1 atom stereocenters. The number of benzene rings is 1. The van der Waals surface area contributed by atoms with Crippen LogP contribution in [0.15, 0.2) is 40.8 Å². The number of hydrogen-bond donors (Lipinski definition) is 2. The predicted molar refractivity (Wildman–Crippen MR) is 102 cm³/mol. The average Bonchev–Trinajstić information content (AvgIpc) is 3.23. The Kier molecular flexibility index (Phi) is 5.37. The molecule has 0 radical (unpaired) electrons. The van der Waals surface area contributed by atoms with Crippen LogP contribution in [0, 0.1) is 5.92 Å². The summed E-state index contributed by atoms with van der Waals surface area (Å²) in [6, 6.07) is 11.0. The minimum absolute atomic E-state index is 0.00573. The molecule has 2 N–H and O–H groups in total. The van der Waals surface area contributed by atoms with Gasteiger partial charge in [0.15, 0.2) is 10.8 Å². The molecule has 0 saturated heterocycles. The van der Waals surface area contributed by atoms with Gasteiger partial charge in [0, 0.05) is 6.92 Å². The second-order valence-corrected chi connectivity index (χ2v) is 7.42. The number of amides is 2. The van der Waals surface area contributed by atoms with E-state index in [1.54, 1.807) is 11.3 Å². The predicted octanol–water partition coefficient (Wildman–Crippen LogP) is 3.33. The van der Waals surface area contributed by atoms with Gasteiger partial charge in [-0.3, -0.25) is 9.59 Å². The number of nitrogens with zero attached hydrogens (tertiary/aromatic N) is 1. The van der Waals surface area contributed by atoms with Crippen LogP contribution < -0.4 is 10.6 Å². The quantitative estimate of drug-likeness (QED) is 0.696. The minimum Gasteiger partial charge on any atom is -0.457 e. The third-order valence-electron chi connectivity index (χ3n) is 3.91. The second-order valence-electron chi connectivity index (χ2n) is 6.39. The smallest absolute Gasteiger partial charge is 0.243 e. The summed E-state index contributed by atoms with van der Waals surface area (Å²) in [7, 11) is 0. The van der Waals surface area contributed by atoms with E-state index in [0.29, 0.717) is 11.5 Å². The summed E-state index contributed by atoms with van der Waals surface area (Å²) in [4.78, 5) is 28.1. The number of thiazole rings is 1. The van der Waals surface area contributed by atoms with E-state index >= 15 is 0 Å². The van der Waals surface area contributed by atoms with E-state index in [2.05, 4.69) is 15.6 Å². The molecule has 2 aromatic heterocycles. The van der Waals surface area contributed by atoms with Crippen LogP contribution in [-0.4, -0.2) is 22.8 Å². The molecule has 6 nitrogen and oxygen atoms in total. The van der Waals surface area contributed by atoms with Crippen molar-refractivity contribution >= 4 is 33.4 Å². The van der Waals surface area contributed by atoms with E-state index in [4.69, 9.17) is 4.42 Å². The molecular weight excluding hydrogens is 350 g/mol. The highest BCUT2D eigenvalue weighted by Crippen LogP contribution is 2.31. The van der Waals surface area contributed by atoms with E-state index in [9.17, 15) is 9.59 Å². The molecule has 7 heteroatoms. The number of aromatic nitrogens is 1. The van der Waals surface area contributed by atoms with Crippen molar-refractivity contribution in [1.29, 1.82) is 0 Å². The molecule has 0 aliphatic heterocycles. The minimum atomic E-state index is -0.564. The normalized spacial score (nSPS) is 12.3. The zero-order valence-corrected chi connectivity index (χ0v) is 15.7. The summed E-state index contributed by atoms with van der Waals surface area (Å²) in [5, 5.41) is 6.29. The number of carbonyl (C=O) groups is 2.